The predicted octanol–water partition coefficient (Wildman–Crippen LogP) is 11.8. The molecule has 2 aromatic rings. The summed E-state index contributed by atoms with van der Waals surface area (Å²) in [6.07, 6.45) is 3.41. The fourth-order valence-electron chi connectivity index (χ4n) is 8.32. The van der Waals surface area contributed by atoms with E-state index in [-0.39, 0.29) is 23.3 Å². The summed E-state index contributed by atoms with van der Waals surface area (Å²) >= 11 is 0. The summed E-state index contributed by atoms with van der Waals surface area (Å²) in [6.45, 7) is 2.19. The number of alkyl halides is 4. The van der Waals surface area contributed by atoms with Gasteiger partial charge < -0.3 is 4.74 Å². The van der Waals surface area contributed by atoms with Gasteiger partial charge in [-0.1, -0.05) is 19.8 Å². The molecule has 3 fully saturated rings. The van der Waals surface area contributed by atoms with E-state index >= 15 is 8.78 Å². The van der Waals surface area contributed by atoms with E-state index in [1.54, 1.807) is 12.1 Å². The number of rotatable bonds is 9. The van der Waals surface area contributed by atoms with E-state index in [9.17, 15) is 26.3 Å². The molecular weight excluding hydrogens is 588 g/mol. The van der Waals surface area contributed by atoms with Crippen LogP contribution in [0.2, 0.25) is 0 Å². The van der Waals surface area contributed by atoms with Gasteiger partial charge in [-0.25, -0.2) is 17.6 Å². The van der Waals surface area contributed by atoms with E-state index < -0.39 is 41.6 Å². The Morgan fingerprint density at radius 2 is 1.05 bits per heavy atom. The number of benzene rings is 2. The average molecular weight is 631 g/mol. The van der Waals surface area contributed by atoms with Gasteiger partial charge in [-0.2, -0.15) is 17.6 Å². The smallest absolute Gasteiger partial charge is 0.422 e. The molecule has 244 valence electrons. The van der Waals surface area contributed by atoms with E-state index in [4.69, 9.17) is 0 Å². The summed E-state index contributed by atoms with van der Waals surface area (Å²) in [5, 5.41) is 0. The number of ether oxygens (including phenoxy) is 1. The van der Waals surface area contributed by atoms with Gasteiger partial charge in [-0.3, -0.25) is 0 Å². The van der Waals surface area contributed by atoms with Gasteiger partial charge in [0.15, 0.2) is 17.4 Å². The molecule has 3 aliphatic rings. The lowest BCUT2D eigenvalue weighted by Crippen LogP contribution is -2.34. The van der Waals surface area contributed by atoms with Gasteiger partial charge in [0.25, 0.3) is 0 Å². The molecule has 3 aliphatic carbocycles. The molecule has 5 rings (SSSR count). The summed E-state index contributed by atoms with van der Waals surface area (Å²) in [7, 11) is 0. The van der Waals surface area contributed by atoms with Crippen molar-refractivity contribution in [3.05, 3.63) is 64.2 Å². The largest absolute Gasteiger partial charge is 0.461 e. The van der Waals surface area contributed by atoms with Crippen LogP contribution in [0.1, 0.15) is 131 Å². The zero-order valence-electron chi connectivity index (χ0n) is 25.2. The van der Waals surface area contributed by atoms with Gasteiger partial charge >= 0.3 is 12.5 Å². The predicted molar refractivity (Wildman–Crippen MR) is 153 cm³/mol. The maximum atomic E-state index is 15.3. The highest BCUT2D eigenvalue weighted by Gasteiger charge is 2.45. The van der Waals surface area contributed by atoms with Crippen LogP contribution in [-0.2, 0) is 0 Å². The monoisotopic (exact) mass is 630 g/mol. The second kappa shape index (κ2) is 14.0. The summed E-state index contributed by atoms with van der Waals surface area (Å²) in [5.74, 6) is -3.84. The standard InChI is InChI=1S/C35H42F8O/c1-2-3-20-4-6-23(7-5-20)26-16-28(36)32(29(37)17-26)25-14-12-22(13-15-25)21-8-10-24(11-9-21)27-18-30(38)33(31(39)19-27)44-35(42,43)34(40)41/h16-25,34H,2-15H2,1H3. The topological polar surface area (TPSA) is 9.23 Å². The minimum Gasteiger partial charge on any atom is -0.422 e. The number of hydrogen-bond donors (Lipinski definition) is 0. The van der Waals surface area contributed by atoms with Crippen molar-refractivity contribution < 1.29 is 39.9 Å². The minimum absolute atomic E-state index is 0.152. The van der Waals surface area contributed by atoms with E-state index in [1.165, 1.54) is 12.8 Å². The van der Waals surface area contributed by atoms with Crippen molar-refractivity contribution in [2.24, 2.45) is 17.8 Å². The lowest BCUT2D eigenvalue weighted by molar-refractivity contribution is -0.255. The van der Waals surface area contributed by atoms with Crippen LogP contribution < -0.4 is 4.74 Å². The van der Waals surface area contributed by atoms with E-state index in [2.05, 4.69) is 11.7 Å². The number of hydrogen-bond acceptors (Lipinski definition) is 1. The fraction of sp³-hybridized carbons (Fsp3) is 0.657. The summed E-state index contributed by atoms with van der Waals surface area (Å²) in [5.41, 5.74) is 1.30. The Morgan fingerprint density at radius 3 is 1.48 bits per heavy atom. The first-order chi connectivity index (χ1) is 21.0. The molecule has 0 bridgehead atoms. The molecule has 0 aliphatic heterocycles. The highest BCUT2D eigenvalue weighted by Crippen LogP contribution is 2.48. The zero-order valence-corrected chi connectivity index (χ0v) is 25.2. The van der Waals surface area contributed by atoms with E-state index in [0.717, 1.165) is 75.0 Å². The third-order valence-electron chi connectivity index (χ3n) is 10.7. The average Bonchev–Trinajstić information content (AvgIpc) is 2.99. The highest BCUT2D eigenvalue weighted by atomic mass is 19.3. The normalized spacial score (nSPS) is 28.3. The van der Waals surface area contributed by atoms with Crippen molar-refractivity contribution in [3.63, 3.8) is 0 Å². The summed E-state index contributed by atoms with van der Waals surface area (Å²) in [4.78, 5) is 0. The van der Waals surface area contributed by atoms with Gasteiger partial charge in [0.05, 0.1) is 0 Å². The maximum Gasteiger partial charge on any atom is 0.461 e. The van der Waals surface area contributed by atoms with Crippen LogP contribution in [0.25, 0.3) is 0 Å². The lowest BCUT2D eigenvalue weighted by Gasteiger charge is -2.38. The first-order valence-electron chi connectivity index (χ1n) is 16.3. The molecule has 0 heterocycles. The summed E-state index contributed by atoms with van der Waals surface area (Å²) < 4.78 is 114. The minimum atomic E-state index is -5.01. The van der Waals surface area contributed by atoms with Crippen molar-refractivity contribution in [2.75, 3.05) is 0 Å². The van der Waals surface area contributed by atoms with Crippen LogP contribution >= 0.6 is 0 Å². The second-order valence-corrected chi connectivity index (χ2v) is 13.4. The Hall–Kier alpha value is -2.32. The van der Waals surface area contributed by atoms with Crippen LogP contribution in [-0.4, -0.2) is 12.5 Å². The molecule has 0 radical (unpaired) electrons. The third kappa shape index (κ3) is 7.38. The van der Waals surface area contributed by atoms with Crippen molar-refractivity contribution in [2.45, 2.75) is 127 Å². The molecule has 3 saturated carbocycles. The lowest BCUT2D eigenvalue weighted by atomic mass is 9.67. The number of halogens is 8. The van der Waals surface area contributed by atoms with E-state index in [1.807, 2.05) is 0 Å². The van der Waals surface area contributed by atoms with Crippen LogP contribution in [0.4, 0.5) is 35.1 Å². The molecule has 0 aromatic heterocycles. The van der Waals surface area contributed by atoms with Crippen LogP contribution in [0.5, 0.6) is 5.75 Å². The molecule has 0 spiro atoms. The van der Waals surface area contributed by atoms with Crippen molar-refractivity contribution in [1.82, 2.24) is 0 Å². The molecule has 0 unspecified atom stereocenters. The quantitative estimate of drug-likeness (QED) is 0.251. The summed E-state index contributed by atoms with van der Waals surface area (Å²) in [6, 6.07) is 4.93. The second-order valence-electron chi connectivity index (χ2n) is 13.4. The molecule has 0 amide bonds. The zero-order chi connectivity index (χ0) is 31.6. The highest BCUT2D eigenvalue weighted by molar-refractivity contribution is 5.34. The van der Waals surface area contributed by atoms with Gasteiger partial charge in [0.2, 0.25) is 0 Å². The fourth-order valence-corrected chi connectivity index (χ4v) is 8.32. The SMILES string of the molecule is CCCC1CCC(c2cc(F)c(C3CCC(C4CCC(c5cc(F)c(OC(F)(F)C(F)F)c(F)c5)CC4)CC3)c(F)c2)CC1. The Labute approximate surface area is 254 Å². The van der Waals surface area contributed by atoms with E-state index in [0.29, 0.717) is 43.1 Å². The van der Waals surface area contributed by atoms with Crippen molar-refractivity contribution in [1.29, 1.82) is 0 Å². The molecule has 0 saturated heterocycles. The first-order valence-corrected chi connectivity index (χ1v) is 16.3. The Balaban J connectivity index is 1.13. The Kier molecular flexibility index (Phi) is 10.5. The Morgan fingerprint density at radius 1 is 0.636 bits per heavy atom. The third-order valence-corrected chi connectivity index (χ3v) is 10.7. The molecule has 0 atom stereocenters. The first kappa shape index (κ1) is 33.1. The molecule has 44 heavy (non-hydrogen) atoms. The molecule has 0 N–H and O–H groups in total. The van der Waals surface area contributed by atoms with Crippen LogP contribution in [0.3, 0.4) is 0 Å². The van der Waals surface area contributed by atoms with Gasteiger partial charge in [0.1, 0.15) is 11.6 Å². The van der Waals surface area contributed by atoms with Gasteiger partial charge in [0, 0.05) is 5.56 Å². The van der Waals surface area contributed by atoms with Gasteiger partial charge in [-0.15, -0.1) is 0 Å². The van der Waals surface area contributed by atoms with Crippen LogP contribution in [0.15, 0.2) is 24.3 Å². The van der Waals surface area contributed by atoms with Gasteiger partial charge in [-0.05, 0) is 148 Å². The maximum absolute atomic E-state index is 15.3. The van der Waals surface area contributed by atoms with Crippen molar-refractivity contribution in [3.8, 4) is 5.75 Å². The Bertz CT molecular complexity index is 1210. The molecule has 2 aromatic carbocycles. The molecule has 9 heteroatoms. The molecule has 1 nitrogen and oxygen atoms in total. The van der Waals surface area contributed by atoms with Crippen LogP contribution in [0, 0.1) is 41.0 Å². The molecular formula is C35H42F8O. The van der Waals surface area contributed by atoms with Crippen molar-refractivity contribution >= 4 is 0 Å².